The molecule has 2 amide bonds. The fourth-order valence-corrected chi connectivity index (χ4v) is 3.06. The predicted octanol–water partition coefficient (Wildman–Crippen LogP) is 3.40. The Morgan fingerprint density at radius 2 is 1.62 bits per heavy atom. The number of fused-ring (bicyclic) bond motifs is 1. The van der Waals surface area contributed by atoms with Crippen LogP contribution in [0.5, 0.6) is 0 Å². The minimum atomic E-state index is -0.0753. The number of hydrogen-bond acceptors (Lipinski definition) is 3. The Balaban J connectivity index is 0.00000243. The lowest BCUT2D eigenvalue weighted by Gasteiger charge is -2.37. The van der Waals surface area contributed by atoms with Gasteiger partial charge in [0.2, 0.25) is 5.91 Å². The van der Waals surface area contributed by atoms with Crippen molar-refractivity contribution in [2.24, 2.45) is 0 Å². The van der Waals surface area contributed by atoms with E-state index in [4.69, 9.17) is 0 Å². The zero-order chi connectivity index (χ0) is 17.8. The van der Waals surface area contributed by atoms with Gasteiger partial charge in [0, 0.05) is 5.69 Å². The molecule has 2 aromatic carbocycles. The van der Waals surface area contributed by atoms with Crippen LogP contribution in [-0.2, 0) is 4.79 Å². The minimum absolute atomic E-state index is 0. The molecule has 6 heteroatoms. The van der Waals surface area contributed by atoms with E-state index in [1.54, 1.807) is 15.9 Å². The van der Waals surface area contributed by atoms with Crippen molar-refractivity contribution in [2.75, 3.05) is 36.1 Å². The van der Waals surface area contributed by atoms with Crippen LogP contribution in [0.2, 0.25) is 0 Å². The van der Waals surface area contributed by atoms with Gasteiger partial charge in [-0.15, -0.1) is 12.4 Å². The fraction of sp³-hybridized carbons (Fsp3) is 0.300. The number of rotatable bonds is 5. The van der Waals surface area contributed by atoms with Gasteiger partial charge in [0.05, 0.1) is 17.8 Å². The lowest BCUT2D eigenvalue weighted by Crippen LogP contribution is -2.52. The average Bonchev–Trinajstić information content (AvgIpc) is 2.67. The third-order valence-corrected chi connectivity index (χ3v) is 4.58. The number of carbonyl (C=O) groups is 2. The second-order valence-electron chi connectivity index (χ2n) is 6.01. The highest BCUT2D eigenvalue weighted by atomic mass is 35.5. The Labute approximate surface area is 160 Å². The van der Waals surface area contributed by atoms with E-state index in [0.717, 1.165) is 18.8 Å². The Morgan fingerprint density at radius 1 is 1.00 bits per heavy atom. The van der Waals surface area contributed by atoms with Crippen LogP contribution in [-0.4, -0.2) is 43.0 Å². The predicted molar refractivity (Wildman–Crippen MR) is 107 cm³/mol. The molecular formula is C20H24ClN3O2. The molecule has 1 heterocycles. The lowest BCUT2D eigenvalue weighted by atomic mass is 10.1. The maximum atomic E-state index is 12.9. The summed E-state index contributed by atoms with van der Waals surface area (Å²) in [7, 11) is 0. The molecule has 0 unspecified atom stereocenters. The topological polar surface area (TPSA) is 43.9 Å². The molecule has 5 nitrogen and oxygen atoms in total. The molecule has 0 radical (unpaired) electrons. The van der Waals surface area contributed by atoms with Crippen LogP contribution in [0.25, 0.3) is 0 Å². The van der Waals surface area contributed by atoms with Crippen molar-refractivity contribution in [2.45, 2.75) is 13.8 Å². The Bertz CT molecular complexity index is 763. The summed E-state index contributed by atoms with van der Waals surface area (Å²) in [5, 5.41) is 0. The first-order valence-corrected chi connectivity index (χ1v) is 8.64. The van der Waals surface area contributed by atoms with Crippen LogP contribution >= 0.6 is 12.4 Å². The van der Waals surface area contributed by atoms with Crippen molar-refractivity contribution in [1.29, 1.82) is 0 Å². The van der Waals surface area contributed by atoms with Crippen LogP contribution in [0.1, 0.15) is 24.2 Å². The zero-order valence-corrected chi connectivity index (χ0v) is 15.9. The molecule has 0 aliphatic carbocycles. The molecule has 0 saturated carbocycles. The van der Waals surface area contributed by atoms with Crippen molar-refractivity contribution in [3.8, 4) is 0 Å². The first-order chi connectivity index (χ1) is 12.2. The maximum absolute atomic E-state index is 12.9. The van der Waals surface area contributed by atoms with E-state index in [1.165, 1.54) is 0 Å². The number of para-hydroxylation sites is 2. The maximum Gasteiger partial charge on any atom is 0.261 e. The normalized spacial score (nSPS) is 13.4. The molecule has 138 valence electrons. The summed E-state index contributed by atoms with van der Waals surface area (Å²) in [5.74, 6) is -0.0710. The van der Waals surface area contributed by atoms with Gasteiger partial charge >= 0.3 is 0 Å². The smallest absolute Gasteiger partial charge is 0.261 e. The molecule has 2 aromatic rings. The number of hydrogen-bond donors (Lipinski definition) is 0. The lowest BCUT2D eigenvalue weighted by molar-refractivity contribution is -0.119. The highest BCUT2D eigenvalue weighted by molar-refractivity contribution is 6.15. The van der Waals surface area contributed by atoms with Crippen molar-refractivity contribution in [3.63, 3.8) is 0 Å². The molecular weight excluding hydrogens is 350 g/mol. The molecule has 3 rings (SSSR count). The van der Waals surface area contributed by atoms with E-state index in [-0.39, 0.29) is 30.9 Å². The summed E-state index contributed by atoms with van der Waals surface area (Å²) < 4.78 is 0. The van der Waals surface area contributed by atoms with Gasteiger partial charge in [-0.05, 0) is 37.4 Å². The van der Waals surface area contributed by atoms with Crippen LogP contribution in [0.15, 0.2) is 54.6 Å². The molecule has 0 fully saturated rings. The monoisotopic (exact) mass is 373 g/mol. The first-order valence-electron chi connectivity index (χ1n) is 8.64. The summed E-state index contributed by atoms with van der Waals surface area (Å²) in [6, 6.07) is 16.8. The number of benzene rings is 2. The van der Waals surface area contributed by atoms with Gasteiger partial charge in [-0.25, -0.2) is 0 Å². The summed E-state index contributed by atoms with van der Waals surface area (Å²) in [6.45, 7) is 6.30. The quantitative estimate of drug-likeness (QED) is 0.806. The fourth-order valence-electron chi connectivity index (χ4n) is 3.06. The summed E-state index contributed by atoms with van der Waals surface area (Å²) in [6.07, 6.45) is 0. The summed E-state index contributed by atoms with van der Waals surface area (Å²) in [5.41, 5.74) is 2.05. The zero-order valence-electron chi connectivity index (χ0n) is 15.1. The van der Waals surface area contributed by atoms with Crippen molar-refractivity contribution in [3.05, 3.63) is 60.2 Å². The highest BCUT2D eigenvalue weighted by Gasteiger charge is 2.33. The van der Waals surface area contributed by atoms with Crippen LogP contribution < -0.4 is 9.80 Å². The number of halogens is 1. The van der Waals surface area contributed by atoms with Gasteiger partial charge in [-0.1, -0.05) is 44.2 Å². The first kappa shape index (κ1) is 19.9. The Morgan fingerprint density at radius 3 is 2.27 bits per heavy atom. The Kier molecular flexibility index (Phi) is 6.77. The van der Waals surface area contributed by atoms with E-state index in [1.807, 2.05) is 62.4 Å². The van der Waals surface area contributed by atoms with Crippen molar-refractivity contribution < 1.29 is 9.59 Å². The van der Waals surface area contributed by atoms with Gasteiger partial charge in [0.1, 0.15) is 6.67 Å². The second-order valence-corrected chi connectivity index (χ2v) is 6.01. The third-order valence-electron chi connectivity index (χ3n) is 4.58. The van der Waals surface area contributed by atoms with Crippen LogP contribution in [0.3, 0.4) is 0 Å². The van der Waals surface area contributed by atoms with Gasteiger partial charge in [0.25, 0.3) is 5.91 Å². The molecule has 0 N–H and O–H groups in total. The molecule has 0 spiro atoms. The molecule has 0 bridgehead atoms. The van der Waals surface area contributed by atoms with Gasteiger partial charge in [-0.3, -0.25) is 24.3 Å². The summed E-state index contributed by atoms with van der Waals surface area (Å²) >= 11 is 0. The molecule has 26 heavy (non-hydrogen) atoms. The minimum Gasteiger partial charge on any atom is -0.295 e. The average molecular weight is 374 g/mol. The Hall–Kier alpha value is -2.37. The number of nitrogens with zero attached hydrogens (tertiary/aromatic N) is 3. The van der Waals surface area contributed by atoms with E-state index in [9.17, 15) is 9.59 Å². The summed E-state index contributed by atoms with van der Waals surface area (Å²) in [4.78, 5) is 31.3. The standard InChI is InChI=1S/C20H23N3O2.ClH/c1-3-21(4-2)14-19(24)23-15-22(16-10-6-5-7-11-16)20(25)17-12-8-9-13-18(17)23;/h5-13H,3-4,14-15H2,1-2H3;1H. The van der Waals surface area contributed by atoms with E-state index < -0.39 is 0 Å². The number of amides is 2. The highest BCUT2D eigenvalue weighted by Crippen LogP contribution is 2.30. The number of anilines is 2. The molecule has 0 saturated heterocycles. The van der Waals surface area contributed by atoms with E-state index in [0.29, 0.717) is 17.8 Å². The van der Waals surface area contributed by atoms with Gasteiger partial charge < -0.3 is 0 Å². The van der Waals surface area contributed by atoms with Gasteiger partial charge in [0.15, 0.2) is 0 Å². The van der Waals surface area contributed by atoms with Crippen LogP contribution in [0, 0.1) is 0 Å². The van der Waals surface area contributed by atoms with E-state index in [2.05, 4.69) is 4.90 Å². The second kappa shape index (κ2) is 8.83. The van der Waals surface area contributed by atoms with E-state index >= 15 is 0 Å². The molecule has 1 aliphatic heterocycles. The molecule has 0 atom stereocenters. The number of carbonyl (C=O) groups excluding carboxylic acids is 2. The van der Waals surface area contributed by atoms with Crippen LogP contribution in [0.4, 0.5) is 11.4 Å². The third kappa shape index (κ3) is 3.89. The van der Waals surface area contributed by atoms with Crippen molar-refractivity contribution >= 4 is 35.6 Å². The largest absolute Gasteiger partial charge is 0.295 e. The van der Waals surface area contributed by atoms with Gasteiger partial charge in [-0.2, -0.15) is 0 Å². The van der Waals surface area contributed by atoms with Crippen molar-refractivity contribution in [1.82, 2.24) is 4.90 Å². The molecule has 0 aromatic heterocycles. The molecule has 1 aliphatic rings. The SMILES string of the molecule is CCN(CC)CC(=O)N1CN(c2ccccc2)C(=O)c2ccccc21.Cl. The number of likely N-dealkylation sites (N-methyl/N-ethyl adjacent to an activating group) is 1.